The van der Waals surface area contributed by atoms with Crippen LogP contribution in [0.15, 0.2) is 11.3 Å². The SMILES string of the molecule is CC12CC3CC(C)(C1)CC(CC(=O)C1=C(O)[C@@H]4CCCC(=O)N4C1=O)(C3)C2. The molecule has 146 valence electrons. The molecule has 6 aliphatic rings. The second kappa shape index (κ2) is 5.24. The third kappa shape index (κ3) is 2.46. The number of rotatable bonds is 3. The molecule has 1 saturated heterocycles. The van der Waals surface area contributed by atoms with Gasteiger partial charge < -0.3 is 5.11 Å². The number of amides is 2. The molecular weight excluding hydrogens is 342 g/mol. The third-order valence-electron chi connectivity index (χ3n) is 8.01. The second-order valence-electron chi connectivity index (χ2n) is 11.0. The van der Waals surface area contributed by atoms with Gasteiger partial charge in [0, 0.05) is 12.8 Å². The van der Waals surface area contributed by atoms with Crippen molar-refractivity contribution in [3.05, 3.63) is 11.3 Å². The molecule has 0 aromatic carbocycles. The van der Waals surface area contributed by atoms with E-state index in [2.05, 4.69) is 13.8 Å². The van der Waals surface area contributed by atoms with Crippen LogP contribution in [-0.2, 0) is 14.4 Å². The maximum atomic E-state index is 13.2. The second-order valence-corrected chi connectivity index (χ2v) is 11.0. The Morgan fingerprint density at radius 2 is 1.78 bits per heavy atom. The Hall–Kier alpha value is -1.65. The molecule has 4 aliphatic carbocycles. The summed E-state index contributed by atoms with van der Waals surface area (Å²) in [5.74, 6) is -0.539. The molecule has 2 unspecified atom stereocenters. The van der Waals surface area contributed by atoms with Gasteiger partial charge >= 0.3 is 0 Å². The molecule has 6 rings (SSSR count). The van der Waals surface area contributed by atoms with Crippen LogP contribution in [-0.4, -0.2) is 33.6 Å². The highest BCUT2D eigenvalue weighted by atomic mass is 16.3. The predicted molar refractivity (Wildman–Crippen MR) is 98.6 cm³/mol. The first kappa shape index (κ1) is 17.4. The van der Waals surface area contributed by atoms with Crippen LogP contribution in [0.1, 0.15) is 78.1 Å². The number of nitrogens with zero attached hydrogens (tertiary/aromatic N) is 1. The Morgan fingerprint density at radius 1 is 1.11 bits per heavy atom. The van der Waals surface area contributed by atoms with E-state index in [4.69, 9.17) is 0 Å². The van der Waals surface area contributed by atoms with E-state index in [1.807, 2.05) is 0 Å². The van der Waals surface area contributed by atoms with Crippen LogP contribution in [0.4, 0.5) is 0 Å². The van der Waals surface area contributed by atoms with E-state index in [0.29, 0.717) is 42.4 Å². The van der Waals surface area contributed by atoms with Crippen LogP contribution in [0.2, 0.25) is 0 Å². The van der Waals surface area contributed by atoms with Crippen molar-refractivity contribution in [2.45, 2.75) is 84.1 Å². The first-order valence-corrected chi connectivity index (χ1v) is 10.5. The summed E-state index contributed by atoms with van der Waals surface area (Å²) in [5, 5.41) is 10.6. The molecule has 0 radical (unpaired) electrons. The molecule has 5 nitrogen and oxygen atoms in total. The number of imide groups is 1. The molecule has 2 amide bonds. The molecule has 5 fully saturated rings. The van der Waals surface area contributed by atoms with Gasteiger partial charge in [-0.25, -0.2) is 0 Å². The van der Waals surface area contributed by atoms with Crippen LogP contribution in [0.25, 0.3) is 0 Å². The number of ketones is 1. The van der Waals surface area contributed by atoms with E-state index in [9.17, 15) is 19.5 Å². The molecule has 2 aliphatic heterocycles. The number of piperidine rings is 1. The summed E-state index contributed by atoms with van der Waals surface area (Å²) in [5.41, 5.74) is 0.470. The molecule has 4 saturated carbocycles. The summed E-state index contributed by atoms with van der Waals surface area (Å²) < 4.78 is 0. The molecule has 0 aromatic rings. The highest BCUT2D eigenvalue weighted by Gasteiger charge is 2.61. The molecule has 5 heteroatoms. The minimum absolute atomic E-state index is 0.0410. The van der Waals surface area contributed by atoms with Crippen molar-refractivity contribution in [3.8, 4) is 0 Å². The lowest BCUT2D eigenvalue weighted by atomic mass is 9.39. The molecule has 27 heavy (non-hydrogen) atoms. The zero-order valence-electron chi connectivity index (χ0n) is 16.3. The fourth-order valence-corrected chi connectivity index (χ4v) is 8.35. The summed E-state index contributed by atoms with van der Waals surface area (Å²) in [7, 11) is 0. The van der Waals surface area contributed by atoms with Crippen molar-refractivity contribution in [2.24, 2.45) is 22.2 Å². The van der Waals surface area contributed by atoms with Gasteiger partial charge in [-0.2, -0.15) is 0 Å². The smallest absolute Gasteiger partial charge is 0.268 e. The van der Waals surface area contributed by atoms with Crippen LogP contribution in [0, 0.1) is 22.2 Å². The number of aliphatic hydroxyl groups is 1. The first-order valence-electron chi connectivity index (χ1n) is 10.5. The molecule has 2 heterocycles. The zero-order valence-corrected chi connectivity index (χ0v) is 16.3. The van der Waals surface area contributed by atoms with E-state index in [1.165, 1.54) is 19.3 Å². The molecular formula is C22H29NO4. The Balaban J connectivity index is 1.43. The van der Waals surface area contributed by atoms with Gasteiger partial charge in [0.05, 0.1) is 6.04 Å². The summed E-state index contributed by atoms with van der Waals surface area (Å²) >= 11 is 0. The number of Topliss-reactive ketones (excluding diaryl/α,β-unsaturated/α-hetero) is 1. The van der Waals surface area contributed by atoms with Crippen molar-refractivity contribution in [1.82, 2.24) is 4.90 Å². The molecule has 3 atom stereocenters. The standard InChI is InChI=1S/C22H29NO4/c1-20-6-13-7-21(2,10-20)12-22(8-13,11-20)9-15(24)17-18(26)14-4-3-5-16(25)23(14)19(17)27/h13-14,26H,3-12H2,1-2H3/t13?,14-,20?,21?,22?/m0/s1. The van der Waals surface area contributed by atoms with Crippen LogP contribution in [0.5, 0.6) is 0 Å². The van der Waals surface area contributed by atoms with Crippen LogP contribution >= 0.6 is 0 Å². The normalized spacial score (nSPS) is 45.6. The summed E-state index contributed by atoms with van der Waals surface area (Å²) in [6, 6.07) is -0.607. The van der Waals surface area contributed by atoms with Crippen molar-refractivity contribution in [2.75, 3.05) is 0 Å². The van der Waals surface area contributed by atoms with E-state index >= 15 is 0 Å². The molecule has 1 N–H and O–H groups in total. The number of carbonyl (C=O) groups is 3. The molecule has 0 aromatic heterocycles. The summed E-state index contributed by atoms with van der Waals surface area (Å²) in [6.07, 6.45) is 8.80. The third-order valence-corrected chi connectivity index (χ3v) is 8.01. The maximum Gasteiger partial charge on any atom is 0.268 e. The quantitative estimate of drug-likeness (QED) is 0.607. The van der Waals surface area contributed by atoms with Crippen molar-refractivity contribution < 1.29 is 19.5 Å². The van der Waals surface area contributed by atoms with E-state index < -0.39 is 11.9 Å². The molecule has 0 spiro atoms. The Labute approximate surface area is 160 Å². The van der Waals surface area contributed by atoms with E-state index in [0.717, 1.165) is 24.2 Å². The highest BCUT2D eigenvalue weighted by molar-refractivity contribution is 6.25. The van der Waals surface area contributed by atoms with Gasteiger partial charge in [0.1, 0.15) is 11.3 Å². The minimum Gasteiger partial charge on any atom is -0.509 e. The minimum atomic E-state index is -0.607. The van der Waals surface area contributed by atoms with Gasteiger partial charge in [0.2, 0.25) is 5.91 Å². The van der Waals surface area contributed by atoms with Gasteiger partial charge in [0.15, 0.2) is 5.78 Å². The fraction of sp³-hybridized carbons (Fsp3) is 0.773. The fourth-order valence-electron chi connectivity index (χ4n) is 8.35. The average molecular weight is 371 g/mol. The number of hydrogen-bond donors (Lipinski definition) is 1. The lowest BCUT2D eigenvalue weighted by molar-refractivity contribution is -0.154. The monoisotopic (exact) mass is 371 g/mol. The summed E-state index contributed by atoms with van der Waals surface area (Å²) in [6.45, 7) is 4.73. The largest absolute Gasteiger partial charge is 0.509 e. The Kier molecular flexibility index (Phi) is 3.38. The Bertz CT molecular complexity index is 778. The first-order chi connectivity index (χ1) is 12.6. The van der Waals surface area contributed by atoms with E-state index in [-0.39, 0.29) is 28.4 Å². The number of carbonyl (C=O) groups excluding carboxylic acids is 3. The predicted octanol–water partition coefficient (Wildman–Crippen LogP) is 3.68. The lowest BCUT2D eigenvalue weighted by Crippen LogP contribution is -2.55. The van der Waals surface area contributed by atoms with Crippen molar-refractivity contribution >= 4 is 17.6 Å². The highest BCUT2D eigenvalue weighted by Crippen LogP contribution is 2.70. The van der Waals surface area contributed by atoms with E-state index in [1.54, 1.807) is 0 Å². The van der Waals surface area contributed by atoms with Gasteiger partial charge in [-0.05, 0) is 73.5 Å². The van der Waals surface area contributed by atoms with Crippen LogP contribution in [0.3, 0.4) is 0 Å². The average Bonchev–Trinajstić information content (AvgIpc) is 2.75. The van der Waals surface area contributed by atoms with Crippen molar-refractivity contribution in [1.29, 1.82) is 0 Å². The summed E-state index contributed by atoms with van der Waals surface area (Å²) in [4.78, 5) is 39.3. The lowest BCUT2D eigenvalue weighted by Gasteiger charge is -2.65. The number of hydrogen-bond acceptors (Lipinski definition) is 4. The van der Waals surface area contributed by atoms with Gasteiger partial charge in [-0.1, -0.05) is 13.8 Å². The van der Waals surface area contributed by atoms with Crippen molar-refractivity contribution in [3.63, 3.8) is 0 Å². The number of aliphatic hydroxyl groups excluding tert-OH is 1. The molecule has 4 bridgehead atoms. The van der Waals surface area contributed by atoms with Crippen LogP contribution < -0.4 is 0 Å². The van der Waals surface area contributed by atoms with Gasteiger partial charge in [-0.15, -0.1) is 0 Å². The zero-order chi connectivity index (χ0) is 19.2. The van der Waals surface area contributed by atoms with Gasteiger partial charge in [-0.3, -0.25) is 19.3 Å². The maximum absolute atomic E-state index is 13.2. The topological polar surface area (TPSA) is 74.7 Å². The Morgan fingerprint density at radius 3 is 2.37 bits per heavy atom. The van der Waals surface area contributed by atoms with Gasteiger partial charge in [0.25, 0.3) is 5.91 Å². The number of fused-ring (bicyclic) bond motifs is 1.